The van der Waals surface area contributed by atoms with Crippen molar-refractivity contribution < 1.29 is 29.2 Å². The Morgan fingerprint density at radius 1 is 0.933 bits per heavy atom. The molecule has 0 aromatic heterocycles. The molecule has 4 rings (SSSR count). The van der Waals surface area contributed by atoms with Gasteiger partial charge in [0, 0.05) is 11.1 Å². The van der Waals surface area contributed by atoms with E-state index in [0.717, 1.165) is 11.1 Å². The maximum Gasteiger partial charge on any atom is 0.185 e. The molecule has 162 valence electrons. The van der Waals surface area contributed by atoms with Crippen molar-refractivity contribution in [3.05, 3.63) is 68.7 Å². The van der Waals surface area contributed by atoms with Crippen LogP contribution in [0.25, 0.3) is 0 Å². The predicted molar refractivity (Wildman–Crippen MR) is 112 cm³/mol. The molecule has 2 aliphatic rings. The molecular formula is C22H24Cl2O6. The molecule has 2 aliphatic heterocycles. The predicted octanol–water partition coefficient (Wildman–Crippen LogP) is 3.86. The maximum atomic E-state index is 10.4. The summed E-state index contributed by atoms with van der Waals surface area (Å²) in [6, 6.07) is 11.0. The molecule has 0 amide bonds. The van der Waals surface area contributed by atoms with E-state index in [9.17, 15) is 10.2 Å². The van der Waals surface area contributed by atoms with Gasteiger partial charge in [-0.05, 0) is 37.1 Å². The summed E-state index contributed by atoms with van der Waals surface area (Å²) in [7, 11) is 0. The monoisotopic (exact) mass is 454 g/mol. The van der Waals surface area contributed by atoms with E-state index in [1.54, 1.807) is 18.2 Å². The molecule has 6 unspecified atom stereocenters. The lowest BCUT2D eigenvalue weighted by atomic mass is 9.99. The van der Waals surface area contributed by atoms with Gasteiger partial charge in [0.1, 0.15) is 24.4 Å². The van der Waals surface area contributed by atoms with Crippen LogP contribution in [-0.4, -0.2) is 47.8 Å². The van der Waals surface area contributed by atoms with E-state index in [0.29, 0.717) is 15.6 Å². The van der Waals surface area contributed by atoms with Gasteiger partial charge in [-0.2, -0.15) is 0 Å². The van der Waals surface area contributed by atoms with Gasteiger partial charge in [-0.3, -0.25) is 0 Å². The summed E-state index contributed by atoms with van der Waals surface area (Å²) in [4.78, 5) is 0. The van der Waals surface area contributed by atoms with Crippen molar-refractivity contribution in [3.8, 4) is 0 Å². The minimum Gasteiger partial charge on any atom is -0.394 e. The van der Waals surface area contributed by atoms with Crippen molar-refractivity contribution in [2.45, 2.75) is 50.8 Å². The van der Waals surface area contributed by atoms with Gasteiger partial charge < -0.3 is 29.2 Å². The summed E-state index contributed by atoms with van der Waals surface area (Å²) in [5.41, 5.74) is 3.83. The van der Waals surface area contributed by atoms with E-state index in [4.69, 9.17) is 42.1 Å². The Hall–Kier alpha value is -1.22. The minimum absolute atomic E-state index is 0.248. The molecule has 30 heavy (non-hydrogen) atoms. The Bertz CT molecular complexity index is 905. The second-order valence-electron chi connectivity index (χ2n) is 7.64. The van der Waals surface area contributed by atoms with Gasteiger partial charge in [0.15, 0.2) is 12.6 Å². The first kappa shape index (κ1) is 22.0. The molecule has 0 spiro atoms. The average Bonchev–Trinajstić information content (AvgIpc) is 2.75. The first-order valence-corrected chi connectivity index (χ1v) is 10.5. The number of hydrogen-bond acceptors (Lipinski definition) is 6. The smallest absolute Gasteiger partial charge is 0.185 e. The summed E-state index contributed by atoms with van der Waals surface area (Å²) in [5.74, 6) is 0. The minimum atomic E-state index is -1.15. The van der Waals surface area contributed by atoms with Crippen molar-refractivity contribution in [1.82, 2.24) is 0 Å². The number of rotatable bonds is 4. The van der Waals surface area contributed by atoms with Crippen molar-refractivity contribution >= 4 is 23.2 Å². The van der Waals surface area contributed by atoms with E-state index in [1.165, 1.54) is 5.56 Å². The maximum absolute atomic E-state index is 10.4. The van der Waals surface area contributed by atoms with E-state index in [-0.39, 0.29) is 6.61 Å². The van der Waals surface area contributed by atoms with Crippen LogP contribution in [0, 0.1) is 13.8 Å². The largest absolute Gasteiger partial charge is 0.394 e. The highest BCUT2D eigenvalue weighted by molar-refractivity contribution is 6.42. The quantitative estimate of drug-likeness (QED) is 0.730. The van der Waals surface area contributed by atoms with E-state index in [2.05, 4.69) is 0 Å². The molecule has 2 aromatic carbocycles. The summed E-state index contributed by atoms with van der Waals surface area (Å²) in [6.07, 6.45) is -4.50. The van der Waals surface area contributed by atoms with E-state index < -0.39 is 43.6 Å². The highest BCUT2D eigenvalue weighted by Gasteiger charge is 2.48. The number of ether oxygens (including phenoxy) is 4. The third-order valence-corrected chi connectivity index (χ3v) is 6.29. The van der Waals surface area contributed by atoms with Gasteiger partial charge in [0.2, 0.25) is 0 Å². The van der Waals surface area contributed by atoms with Crippen LogP contribution in [0.2, 0.25) is 10.0 Å². The van der Waals surface area contributed by atoms with Crippen LogP contribution in [0.4, 0.5) is 0 Å². The van der Waals surface area contributed by atoms with Gasteiger partial charge in [0.25, 0.3) is 0 Å². The van der Waals surface area contributed by atoms with Crippen molar-refractivity contribution in [2.24, 2.45) is 0 Å². The van der Waals surface area contributed by atoms with Gasteiger partial charge in [0.05, 0.1) is 23.3 Å². The topological polar surface area (TPSA) is 77.4 Å². The molecule has 8 heteroatoms. The van der Waals surface area contributed by atoms with Crippen molar-refractivity contribution in [1.29, 1.82) is 0 Å². The second-order valence-corrected chi connectivity index (χ2v) is 8.45. The van der Waals surface area contributed by atoms with Gasteiger partial charge in [-0.1, -0.05) is 47.5 Å². The van der Waals surface area contributed by atoms with E-state index >= 15 is 0 Å². The number of halogens is 2. The molecule has 6 atom stereocenters. The van der Waals surface area contributed by atoms with Crippen LogP contribution in [0.5, 0.6) is 0 Å². The Labute approximate surface area is 185 Å². The Kier molecular flexibility index (Phi) is 6.67. The standard InChI is InChI=1S/C22H24Cl2O6/c1-11-3-4-13(7-12(11)2)21-27-10-18-20(30-21)19(17(26)9-25)29-22(28-18)14-5-6-15(23)16(24)8-14/h3-8,17-22,25-26H,9-10H2,1-2H3. The lowest BCUT2D eigenvalue weighted by Crippen LogP contribution is -2.58. The fourth-order valence-corrected chi connectivity index (χ4v) is 3.99. The lowest BCUT2D eigenvalue weighted by Gasteiger charge is -2.47. The normalized spacial score (nSPS) is 30.0. The molecule has 0 radical (unpaired) electrons. The zero-order valence-corrected chi connectivity index (χ0v) is 18.1. The first-order valence-electron chi connectivity index (χ1n) is 9.76. The summed E-state index contributed by atoms with van der Waals surface area (Å²) in [6.45, 7) is 3.84. The van der Waals surface area contributed by atoms with Gasteiger partial charge in [-0.25, -0.2) is 0 Å². The highest BCUT2D eigenvalue weighted by atomic mass is 35.5. The third kappa shape index (κ3) is 4.38. The molecule has 2 N–H and O–H groups in total. The van der Waals surface area contributed by atoms with Crippen LogP contribution in [0.1, 0.15) is 34.8 Å². The van der Waals surface area contributed by atoms with Crippen LogP contribution in [0.15, 0.2) is 36.4 Å². The highest BCUT2D eigenvalue weighted by Crippen LogP contribution is 2.40. The van der Waals surface area contributed by atoms with E-state index in [1.807, 2.05) is 32.0 Å². The Balaban J connectivity index is 1.57. The number of fused-ring (bicyclic) bond motifs is 1. The van der Waals surface area contributed by atoms with Gasteiger partial charge >= 0.3 is 0 Å². The molecule has 2 heterocycles. The van der Waals surface area contributed by atoms with Crippen LogP contribution >= 0.6 is 23.2 Å². The number of aliphatic hydroxyl groups is 2. The third-order valence-electron chi connectivity index (χ3n) is 5.55. The summed E-state index contributed by atoms with van der Waals surface area (Å²) < 4.78 is 24.1. The molecule has 2 aromatic rings. The molecular weight excluding hydrogens is 431 g/mol. The number of aryl methyl sites for hydroxylation is 2. The summed E-state index contributed by atoms with van der Waals surface area (Å²) >= 11 is 12.1. The lowest BCUT2D eigenvalue weighted by molar-refractivity contribution is -0.373. The average molecular weight is 455 g/mol. The van der Waals surface area contributed by atoms with Crippen molar-refractivity contribution in [2.75, 3.05) is 13.2 Å². The molecule has 2 fully saturated rings. The number of benzene rings is 2. The zero-order chi connectivity index (χ0) is 21.4. The molecule has 0 bridgehead atoms. The fraction of sp³-hybridized carbons (Fsp3) is 0.455. The Morgan fingerprint density at radius 3 is 2.37 bits per heavy atom. The molecule has 6 nitrogen and oxygen atoms in total. The fourth-order valence-electron chi connectivity index (χ4n) is 3.68. The number of aliphatic hydroxyl groups excluding tert-OH is 2. The second kappa shape index (κ2) is 9.10. The summed E-state index contributed by atoms with van der Waals surface area (Å²) in [5, 5.41) is 20.8. The molecule has 0 saturated carbocycles. The first-order chi connectivity index (χ1) is 14.4. The van der Waals surface area contributed by atoms with Crippen LogP contribution < -0.4 is 0 Å². The van der Waals surface area contributed by atoms with Crippen molar-refractivity contribution in [3.63, 3.8) is 0 Å². The van der Waals surface area contributed by atoms with Gasteiger partial charge in [-0.15, -0.1) is 0 Å². The van der Waals surface area contributed by atoms with Crippen LogP contribution in [-0.2, 0) is 18.9 Å². The SMILES string of the molecule is Cc1ccc(C2OCC3OC(c4ccc(Cl)c(Cl)c4)OC(C(O)CO)C3O2)cc1C. The molecule has 2 saturated heterocycles. The number of hydrogen-bond donors (Lipinski definition) is 2. The zero-order valence-electron chi connectivity index (χ0n) is 16.6. The molecule has 0 aliphatic carbocycles. The Morgan fingerprint density at radius 2 is 1.67 bits per heavy atom. The van der Waals surface area contributed by atoms with Crippen LogP contribution in [0.3, 0.4) is 0 Å².